The molecule has 1 aliphatic rings. The van der Waals surface area contributed by atoms with E-state index < -0.39 is 17.5 Å². The molecular weight excluding hydrogens is 362 g/mol. The van der Waals surface area contributed by atoms with Crippen molar-refractivity contribution in [1.29, 1.82) is 0 Å². The number of esters is 1. The van der Waals surface area contributed by atoms with Gasteiger partial charge in [-0.15, -0.1) is 0 Å². The fourth-order valence-electron chi connectivity index (χ4n) is 3.45. The maximum Gasteiger partial charge on any atom is 0.338 e. The number of nitro groups is 1. The van der Waals surface area contributed by atoms with Crippen molar-refractivity contribution in [3.05, 3.63) is 56.9 Å². The van der Waals surface area contributed by atoms with Crippen LogP contribution in [0, 0.1) is 24.0 Å². The van der Waals surface area contributed by atoms with Gasteiger partial charge in [-0.2, -0.15) is 0 Å². The molecule has 1 saturated heterocycles. The number of Topliss-reactive ketones (excluding diaryl/α,β-unsaturated/α-hetero) is 1. The van der Waals surface area contributed by atoms with Crippen LogP contribution in [0.5, 0.6) is 0 Å². The van der Waals surface area contributed by atoms with Gasteiger partial charge in [0, 0.05) is 43.2 Å². The van der Waals surface area contributed by atoms with E-state index in [9.17, 15) is 19.7 Å². The highest BCUT2D eigenvalue weighted by atomic mass is 16.6. The lowest BCUT2D eigenvalue weighted by Gasteiger charge is -2.17. The molecule has 0 saturated carbocycles. The van der Waals surface area contributed by atoms with Gasteiger partial charge in [0.1, 0.15) is 5.69 Å². The van der Waals surface area contributed by atoms with Crippen LogP contribution in [0.25, 0.3) is 0 Å². The van der Waals surface area contributed by atoms with Gasteiger partial charge in [-0.3, -0.25) is 14.9 Å². The number of nitrogens with zero attached hydrogens (tertiary/aromatic N) is 3. The number of aryl methyl sites for hydroxylation is 1. The lowest BCUT2D eigenvalue weighted by molar-refractivity contribution is -0.384. The lowest BCUT2D eigenvalue weighted by Crippen LogP contribution is -2.19. The number of carbonyl (C=O) groups excluding carboxylic acids is 2. The highest BCUT2D eigenvalue weighted by Gasteiger charge is 2.24. The second kappa shape index (κ2) is 7.84. The zero-order valence-electron chi connectivity index (χ0n) is 16.2. The first-order valence-electron chi connectivity index (χ1n) is 9.16. The van der Waals surface area contributed by atoms with E-state index in [1.807, 2.05) is 30.4 Å². The number of ketones is 1. The average molecular weight is 385 g/mol. The molecule has 28 heavy (non-hydrogen) atoms. The molecule has 2 heterocycles. The molecule has 0 N–H and O–H groups in total. The molecule has 0 amide bonds. The first-order valence-corrected chi connectivity index (χ1v) is 9.16. The standard InChI is InChI=1S/C20H23N3O5/c1-13-10-16(14(2)21(13)3)19(24)12-28-20(25)15-6-7-17(18(11-15)23(26)27)22-8-4-5-9-22/h6-7,10-11H,4-5,8-9,12H2,1-3H3. The molecule has 1 aromatic heterocycles. The van der Waals surface area contributed by atoms with E-state index >= 15 is 0 Å². The normalized spacial score (nSPS) is 13.6. The zero-order valence-corrected chi connectivity index (χ0v) is 16.2. The van der Waals surface area contributed by atoms with Crippen LogP contribution in [0.15, 0.2) is 24.3 Å². The summed E-state index contributed by atoms with van der Waals surface area (Å²) >= 11 is 0. The van der Waals surface area contributed by atoms with Crippen LogP contribution < -0.4 is 4.90 Å². The molecule has 1 fully saturated rings. The first kappa shape index (κ1) is 19.6. The number of hydrogen-bond acceptors (Lipinski definition) is 6. The van der Waals surface area contributed by atoms with Crippen LogP contribution in [0.1, 0.15) is 44.9 Å². The Kier molecular flexibility index (Phi) is 5.48. The third-order valence-corrected chi connectivity index (χ3v) is 5.26. The van der Waals surface area contributed by atoms with Gasteiger partial charge >= 0.3 is 5.97 Å². The summed E-state index contributed by atoms with van der Waals surface area (Å²) in [6.45, 7) is 4.81. The minimum Gasteiger partial charge on any atom is -0.454 e. The van der Waals surface area contributed by atoms with Crippen molar-refractivity contribution in [2.24, 2.45) is 7.05 Å². The van der Waals surface area contributed by atoms with Crippen LogP contribution in [0.3, 0.4) is 0 Å². The van der Waals surface area contributed by atoms with Gasteiger partial charge in [0.2, 0.25) is 5.78 Å². The Morgan fingerprint density at radius 2 is 1.86 bits per heavy atom. The number of aromatic nitrogens is 1. The van der Waals surface area contributed by atoms with Crippen molar-refractivity contribution >= 4 is 23.1 Å². The molecule has 148 valence electrons. The Bertz CT molecular complexity index is 942. The first-order chi connectivity index (χ1) is 13.3. The summed E-state index contributed by atoms with van der Waals surface area (Å²) in [5.74, 6) is -1.06. The number of ether oxygens (including phenoxy) is 1. The predicted molar refractivity (Wildman–Crippen MR) is 104 cm³/mol. The summed E-state index contributed by atoms with van der Waals surface area (Å²) in [6, 6.07) is 6.05. The van der Waals surface area contributed by atoms with Crippen LogP contribution in [-0.2, 0) is 11.8 Å². The van der Waals surface area contributed by atoms with E-state index in [4.69, 9.17) is 4.74 Å². The number of anilines is 1. The van der Waals surface area contributed by atoms with Crippen LogP contribution in [0.4, 0.5) is 11.4 Å². The molecule has 0 bridgehead atoms. The second-order valence-electron chi connectivity index (χ2n) is 7.00. The topological polar surface area (TPSA) is 94.7 Å². The van der Waals surface area contributed by atoms with Crippen LogP contribution >= 0.6 is 0 Å². The van der Waals surface area contributed by atoms with Crippen molar-refractivity contribution < 1.29 is 19.2 Å². The molecule has 1 aliphatic heterocycles. The maximum atomic E-state index is 12.4. The summed E-state index contributed by atoms with van der Waals surface area (Å²) in [7, 11) is 1.86. The summed E-state index contributed by atoms with van der Waals surface area (Å²) in [4.78, 5) is 37.6. The Hall–Kier alpha value is -3.16. The highest BCUT2D eigenvalue weighted by molar-refractivity contribution is 6.00. The summed E-state index contributed by atoms with van der Waals surface area (Å²) in [5, 5.41) is 11.4. The van der Waals surface area contributed by atoms with Gasteiger partial charge < -0.3 is 14.2 Å². The molecule has 0 aliphatic carbocycles. The summed E-state index contributed by atoms with van der Waals surface area (Å²) in [6.07, 6.45) is 1.98. The Labute approximate surface area is 162 Å². The third-order valence-electron chi connectivity index (χ3n) is 5.26. The minimum absolute atomic E-state index is 0.0587. The largest absolute Gasteiger partial charge is 0.454 e. The van der Waals surface area contributed by atoms with Gasteiger partial charge in [0.15, 0.2) is 6.61 Å². The average Bonchev–Trinajstić information content (AvgIpc) is 3.30. The summed E-state index contributed by atoms with van der Waals surface area (Å²) in [5.41, 5.74) is 2.67. The van der Waals surface area contributed by atoms with Crippen molar-refractivity contribution in [3.8, 4) is 0 Å². The van der Waals surface area contributed by atoms with E-state index in [0.717, 1.165) is 37.3 Å². The summed E-state index contributed by atoms with van der Waals surface area (Å²) < 4.78 is 7.00. The molecule has 8 heteroatoms. The van der Waals surface area contributed by atoms with E-state index in [1.165, 1.54) is 12.1 Å². The van der Waals surface area contributed by atoms with Crippen molar-refractivity contribution in [3.63, 3.8) is 0 Å². The number of rotatable bonds is 6. The molecule has 2 aromatic rings. The quantitative estimate of drug-likeness (QED) is 0.328. The fraction of sp³-hybridized carbons (Fsp3) is 0.400. The Morgan fingerprint density at radius 3 is 2.43 bits per heavy atom. The molecule has 0 radical (unpaired) electrons. The molecule has 0 unspecified atom stereocenters. The van der Waals surface area contributed by atoms with E-state index in [-0.39, 0.29) is 17.0 Å². The Morgan fingerprint density at radius 1 is 1.18 bits per heavy atom. The molecule has 0 atom stereocenters. The smallest absolute Gasteiger partial charge is 0.338 e. The molecule has 0 spiro atoms. The van der Waals surface area contributed by atoms with E-state index in [0.29, 0.717) is 11.3 Å². The molecule has 1 aromatic carbocycles. The predicted octanol–water partition coefficient (Wildman–Crippen LogP) is 3.19. The molecular formula is C20H23N3O5. The SMILES string of the molecule is Cc1cc(C(=O)COC(=O)c2ccc(N3CCCC3)c([N+](=O)[O-])c2)c(C)n1C. The second-order valence-corrected chi connectivity index (χ2v) is 7.00. The number of nitro benzene ring substituents is 1. The molecule has 3 rings (SSSR count). The van der Waals surface area contributed by atoms with Gasteiger partial charge in [-0.25, -0.2) is 4.79 Å². The van der Waals surface area contributed by atoms with E-state index in [2.05, 4.69) is 0 Å². The highest BCUT2D eigenvalue weighted by Crippen LogP contribution is 2.31. The van der Waals surface area contributed by atoms with Gasteiger partial charge in [0.25, 0.3) is 5.69 Å². The van der Waals surface area contributed by atoms with Crippen LogP contribution in [0.2, 0.25) is 0 Å². The molecule has 8 nitrogen and oxygen atoms in total. The van der Waals surface area contributed by atoms with Crippen molar-refractivity contribution in [1.82, 2.24) is 4.57 Å². The van der Waals surface area contributed by atoms with Crippen molar-refractivity contribution in [2.45, 2.75) is 26.7 Å². The Balaban J connectivity index is 1.73. The fourth-order valence-corrected chi connectivity index (χ4v) is 3.45. The van der Waals surface area contributed by atoms with Gasteiger partial charge in [-0.1, -0.05) is 0 Å². The minimum atomic E-state index is -0.755. The van der Waals surface area contributed by atoms with Gasteiger partial charge in [0.05, 0.1) is 10.5 Å². The number of hydrogen-bond donors (Lipinski definition) is 0. The monoisotopic (exact) mass is 385 g/mol. The van der Waals surface area contributed by atoms with E-state index in [1.54, 1.807) is 12.1 Å². The number of benzene rings is 1. The zero-order chi connectivity index (χ0) is 20.4. The number of carbonyl (C=O) groups is 2. The maximum absolute atomic E-state index is 12.4. The lowest BCUT2D eigenvalue weighted by atomic mass is 10.1. The van der Waals surface area contributed by atoms with Crippen molar-refractivity contribution in [2.75, 3.05) is 24.6 Å². The van der Waals surface area contributed by atoms with Crippen LogP contribution in [-0.4, -0.2) is 40.9 Å². The third kappa shape index (κ3) is 3.76. The van der Waals surface area contributed by atoms with Gasteiger partial charge in [-0.05, 0) is 44.9 Å².